The number of hydrogen-bond donors (Lipinski definition) is 1. The van der Waals surface area contributed by atoms with Gasteiger partial charge in [0.25, 0.3) is 5.91 Å². The molecule has 5 rings (SSSR count). The fourth-order valence-electron chi connectivity index (χ4n) is 3.91. The predicted octanol–water partition coefficient (Wildman–Crippen LogP) is 6.56. The van der Waals surface area contributed by atoms with Gasteiger partial charge in [-0.05, 0) is 66.2 Å². The number of anilines is 2. The van der Waals surface area contributed by atoms with Crippen molar-refractivity contribution in [2.75, 3.05) is 28.7 Å². The third kappa shape index (κ3) is 4.55. The number of amides is 1. The summed E-state index contributed by atoms with van der Waals surface area (Å²) in [6.07, 6.45) is 1.82. The maximum Gasteiger partial charge on any atom is 0.257 e. The summed E-state index contributed by atoms with van der Waals surface area (Å²) < 4.78 is 7.50. The standard InChI is InChI=1S/C26H22ClN3O2S/c1-17-6-7-19(14-23(17)25-21-5-3-2-4-18(21)10-11-28-25)29-26(31)22-9-8-20(15-24(22)27)30-12-13-32-16-33-30/h2-11,14-15H,12-13,16H2,1H3,(H,29,31). The van der Waals surface area contributed by atoms with Crippen LogP contribution in [-0.2, 0) is 4.74 Å². The molecule has 1 aliphatic rings. The fourth-order valence-corrected chi connectivity index (χ4v) is 4.95. The van der Waals surface area contributed by atoms with Gasteiger partial charge in [0.2, 0.25) is 0 Å². The molecule has 1 amide bonds. The first-order chi connectivity index (χ1) is 16.1. The third-order valence-electron chi connectivity index (χ3n) is 5.64. The first-order valence-electron chi connectivity index (χ1n) is 10.6. The SMILES string of the molecule is Cc1ccc(NC(=O)c2ccc(N3CCOCS3)cc2Cl)cc1-c1nccc2ccccc12. The van der Waals surface area contributed by atoms with Crippen molar-refractivity contribution in [3.05, 3.63) is 89.1 Å². The molecule has 1 saturated heterocycles. The lowest BCUT2D eigenvalue weighted by molar-refractivity contribution is 0.102. The Kier molecular flexibility index (Phi) is 6.22. The zero-order valence-electron chi connectivity index (χ0n) is 18.0. The van der Waals surface area contributed by atoms with Crippen molar-refractivity contribution >= 4 is 51.6 Å². The molecule has 4 aromatic rings. The lowest BCUT2D eigenvalue weighted by atomic mass is 9.99. The number of rotatable bonds is 4. The third-order valence-corrected chi connectivity index (χ3v) is 6.93. The second kappa shape index (κ2) is 9.43. The summed E-state index contributed by atoms with van der Waals surface area (Å²) in [5.74, 6) is 0.364. The van der Waals surface area contributed by atoms with Crippen LogP contribution in [0.3, 0.4) is 0 Å². The summed E-state index contributed by atoms with van der Waals surface area (Å²) in [6, 6.07) is 21.5. The largest absolute Gasteiger partial charge is 0.367 e. The molecule has 0 aliphatic carbocycles. The van der Waals surface area contributed by atoms with Crippen LogP contribution in [-0.4, -0.2) is 30.0 Å². The number of pyridine rings is 1. The van der Waals surface area contributed by atoms with Gasteiger partial charge in [0.05, 0.1) is 29.4 Å². The molecule has 1 aromatic heterocycles. The van der Waals surface area contributed by atoms with Crippen molar-refractivity contribution in [1.82, 2.24) is 4.98 Å². The highest BCUT2D eigenvalue weighted by molar-refractivity contribution is 8.00. The first-order valence-corrected chi connectivity index (χ1v) is 12.0. The average Bonchev–Trinajstić information content (AvgIpc) is 2.85. The van der Waals surface area contributed by atoms with Crippen molar-refractivity contribution in [1.29, 1.82) is 0 Å². The van der Waals surface area contributed by atoms with Crippen LogP contribution in [0.5, 0.6) is 0 Å². The second-order valence-electron chi connectivity index (χ2n) is 7.79. The number of carbonyl (C=O) groups excluding carboxylic acids is 1. The number of ether oxygens (including phenoxy) is 1. The lowest BCUT2D eigenvalue weighted by Crippen LogP contribution is -2.26. The maximum absolute atomic E-state index is 13.0. The average molecular weight is 476 g/mol. The smallest absolute Gasteiger partial charge is 0.257 e. The number of halogens is 1. The zero-order valence-corrected chi connectivity index (χ0v) is 19.6. The Morgan fingerprint density at radius 3 is 2.82 bits per heavy atom. The van der Waals surface area contributed by atoms with Gasteiger partial charge in [-0.1, -0.05) is 41.9 Å². The van der Waals surface area contributed by atoms with Crippen molar-refractivity contribution < 1.29 is 9.53 Å². The van der Waals surface area contributed by atoms with E-state index in [0.29, 0.717) is 28.8 Å². The number of carbonyl (C=O) groups is 1. The van der Waals surface area contributed by atoms with Gasteiger partial charge < -0.3 is 14.4 Å². The van der Waals surface area contributed by atoms with E-state index in [1.54, 1.807) is 18.0 Å². The van der Waals surface area contributed by atoms with Crippen LogP contribution in [0.2, 0.25) is 5.02 Å². The zero-order chi connectivity index (χ0) is 22.8. The Labute approximate surface area is 201 Å². The minimum atomic E-state index is -0.248. The van der Waals surface area contributed by atoms with Crippen LogP contribution < -0.4 is 9.62 Å². The van der Waals surface area contributed by atoms with E-state index in [0.717, 1.165) is 39.8 Å². The first kappa shape index (κ1) is 21.8. The molecule has 0 atom stereocenters. The van der Waals surface area contributed by atoms with Gasteiger partial charge in [-0.15, -0.1) is 0 Å². The summed E-state index contributed by atoms with van der Waals surface area (Å²) in [6.45, 7) is 3.50. The number of fused-ring (bicyclic) bond motifs is 1. The highest BCUT2D eigenvalue weighted by Crippen LogP contribution is 2.32. The molecule has 1 N–H and O–H groups in total. The quantitative estimate of drug-likeness (QED) is 0.339. The Morgan fingerprint density at radius 2 is 2.00 bits per heavy atom. The number of benzene rings is 3. The lowest BCUT2D eigenvalue weighted by Gasteiger charge is -2.27. The van der Waals surface area contributed by atoms with Crippen LogP contribution >= 0.6 is 23.5 Å². The van der Waals surface area contributed by atoms with Crippen LogP contribution in [0.4, 0.5) is 11.4 Å². The molecule has 0 radical (unpaired) electrons. The topological polar surface area (TPSA) is 54.5 Å². The van der Waals surface area contributed by atoms with Crippen LogP contribution in [0, 0.1) is 6.92 Å². The number of nitrogens with one attached hydrogen (secondary N) is 1. The molecule has 7 heteroatoms. The number of aromatic nitrogens is 1. The number of hydrogen-bond acceptors (Lipinski definition) is 5. The Balaban J connectivity index is 1.41. The van der Waals surface area contributed by atoms with Gasteiger partial charge in [-0.25, -0.2) is 0 Å². The van der Waals surface area contributed by atoms with Crippen LogP contribution in [0.25, 0.3) is 22.0 Å². The fraction of sp³-hybridized carbons (Fsp3) is 0.154. The van der Waals surface area contributed by atoms with E-state index in [4.69, 9.17) is 16.3 Å². The summed E-state index contributed by atoms with van der Waals surface area (Å²) in [4.78, 5) is 17.7. The molecule has 3 aromatic carbocycles. The monoisotopic (exact) mass is 475 g/mol. The normalized spacial score (nSPS) is 13.8. The van der Waals surface area contributed by atoms with Crippen molar-refractivity contribution in [3.8, 4) is 11.3 Å². The number of nitrogens with zero attached hydrogens (tertiary/aromatic N) is 2. The molecule has 1 fully saturated rings. The van der Waals surface area contributed by atoms with Crippen molar-refractivity contribution in [2.24, 2.45) is 0 Å². The number of aryl methyl sites for hydroxylation is 1. The summed E-state index contributed by atoms with van der Waals surface area (Å²) in [5.41, 5.74) is 5.05. The highest BCUT2D eigenvalue weighted by atomic mass is 35.5. The van der Waals surface area contributed by atoms with Gasteiger partial charge in [0, 0.05) is 28.5 Å². The molecular formula is C26H22ClN3O2S. The molecular weight excluding hydrogens is 454 g/mol. The molecule has 0 bridgehead atoms. The van der Waals surface area contributed by atoms with Crippen molar-refractivity contribution in [2.45, 2.75) is 6.92 Å². The van der Waals surface area contributed by atoms with E-state index in [1.165, 1.54) is 0 Å². The molecule has 2 heterocycles. The van der Waals surface area contributed by atoms with E-state index in [2.05, 4.69) is 26.7 Å². The minimum Gasteiger partial charge on any atom is -0.367 e. The molecule has 33 heavy (non-hydrogen) atoms. The maximum atomic E-state index is 13.0. The highest BCUT2D eigenvalue weighted by Gasteiger charge is 2.17. The molecule has 5 nitrogen and oxygen atoms in total. The van der Waals surface area contributed by atoms with E-state index in [9.17, 15) is 4.79 Å². The second-order valence-corrected chi connectivity index (χ2v) is 9.13. The summed E-state index contributed by atoms with van der Waals surface area (Å²) in [5, 5.41) is 5.61. The summed E-state index contributed by atoms with van der Waals surface area (Å²) in [7, 11) is 0. The van der Waals surface area contributed by atoms with Gasteiger partial charge in [-0.2, -0.15) is 0 Å². The van der Waals surface area contributed by atoms with Crippen LogP contribution in [0.15, 0.2) is 72.9 Å². The Hall–Kier alpha value is -3.06. The van der Waals surface area contributed by atoms with Crippen molar-refractivity contribution in [3.63, 3.8) is 0 Å². The van der Waals surface area contributed by atoms with E-state index < -0.39 is 0 Å². The van der Waals surface area contributed by atoms with E-state index >= 15 is 0 Å². The van der Waals surface area contributed by atoms with Gasteiger partial charge in [0.1, 0.15) is 5.94 Å². The van der Waals surface area contributed by atoms with E-state index in [1.807, 2.05) is 61.7 Å². The predicted molar refractivity (Wildman–Crippen MR) is 137 cm³/mol. The Morgan fingerprint density at radius 1 is 1.12 bits per heavy atom. The molecule has 0 unspecified atom stereocenters. The molecule has 1 aliphatic heterocycles. The molecule has 0 spiro atoms. The molecule has 166 valence electrons. The van der Waals surface area contributed by atoms with Gasteiger partial charge in [-0.3, -0.25) is 9.78 Å². The minimum absolute atomic E-state index is 0.248. The Bertz CT molecular complexity index is 1330. The molecule has 0 saturated carbocycles. The van der Waals surface area contributed by atoms with E-state index in [-0.39, 0.29) is 5.91 Å². The van der Waals surface area contributed by atoms with Gasteiger partial charge >= 0.3 is 0 Å². The van der Waals surface area contributed by atoms with Gasteiger partial charge in [0.15, 0.2) is 0 Å². The summed E-state index contributed by atoms with van der Waals surface area (Å²) >= 11 is 8.08. The van der Waals surface area contributed by atoms with Crippen LogP contribution in [0.1, 0.15) is 15.9 Å².